The third kappa shape index (κ3) is 7.96. The first-order valence-corrected chi connectivity index (χ1v) is 9.15. The second-order valence-electron chi connectivity index (χ2n) is 7.16. The van der Waals surface area contributed by atoms with E-state index in [0.717, 1.165) is 24.9 Å². The highest BCUT2D eigenvalue weighted by molar-refractivity contribution is 9.09. The SMILES string of the molecule is COCCOCCOCCC1CC(C(C)(C)C)CCC1Br. The van der Waals surface area contributed by atoms with Gasteiger partial charge in [0, 0.05) is 18.5 Å². The van der Waals surface area contributed by atoms with Crippen LogP contribution in [0.5, 0.6) is 0 Å². The highest BCUT2D eigenvalue weighted by Gasteiger charge is 2.34. The van der Waals surface area contributed by atoms with Crippen molar-refractivity contribution in [3.8, 4) is 0 Å². The maximum atomic E-state index is 5.70. The van der Waals surface area contributed by atoms with Crippen molar-refractivity contribution in [3.05, 3.63) is 0 Å². The zero-order chi connectivity index (χ0) is 15.7. The Morgan fingerprint density at radius 1 is 0.952 bits per heavy atom. The van der Waals surface area contributed by atoms with Crippen molar-refractivity contribution in [1.29, 1.82) is 0 Å². The van der Waals surface area contributed by atoms with Crippen LogP contribution < -0.4 is 0 Å². The molecule has 1 saturated carbocycles. The number of halogens is 1. The van der Waals surface area contributed by atoms with E-state index < -0.39 is 0 Å². The first-order valence-electron chi connectivity index (χ1n) is 8.23. The van der Waals surface area contributed by atoms with Crippen LogP contribution in [-0.4, -0.2) is 45.0 Å². The molecule has 0 aromatic carbocycles. The minimum atomic E-state index is 0.432. The predicted octanol–water partition coefficient (Wildman–Crippen LogP) is 4.28. The molecule has 1 aliphatic carbocycles. The minimum Gasteiger partial charge on any atom is -0.382 e. The van der Waals surface area contributed by atoms with Crippen molar-refractivity contribution in [2.75, 3.05) is 40.1 Å². The zero-order valence-corrected chi connectivity index (χ0v) is 15.8. The third-order valence-corrected chi connectivity index (χ3v) is 5.76. The van der Waals surface area contributed by atoms with Gasteiger partial charge in [0.25, 0.3) is 0 Å². The number of hydrogen-bond donors (Lipinski definition) is 0. The van der Waals surface area contributed by atoms with Gasteiger partial charge in [-0.2, -0.15) is 0 Å². The molecule has 1 aliphatic rings. The average Bonchev–Trinajstić information content (AvgIpc) is 2.42. The maximum Gasteiger partial charge on any atom is 0.0701 e. The molecule has 3 atom stereocenters. The molecular formula is C17H33BrO3. The molecule has 1 rings (SSSR count). The summed E-state index contributed by atoms with van der Waals surface area (Å²) in [5.74, 6) is 1.59. The van der Waals surface area contributed by atoms with E-state index in [1.165, 1.54) is 19.3 Å². The fraction of sp³-hybridized carbons (Fsp3) is 1.00. The molecular weight excluding hydrogens is 332 g/mol. The van der Waals surface area contributed by atoms with Gasteiger partial charge in [-0.3, -0.25) is 0 Å². The van der Waals surface area contributed by atoms with Crippen molar-refractivity contribution in [1.82, 2.24) is 0 Å². The number of ether oxygens (including phenoxy) is 3. The Bertz CT molecular complexity index is 265. The predicted molar refractivity (Wildman–Crippen MR) is 91.1 cm³/mol. The molecule has 0 aromatic heterocycles. The zero-order valence-electron chi connectivity index (χ0n) is 14.2. The van der Waals surface area contributed by atoms with Gasteiger partial charge >= 0.3 is 0 Å². The van der Waals surface area contributed by atoms with Gasteiger partial charge in [0.2, 0.25) is 0 Å². The van der Waals surface area contributed by atoms with Crippen LogP contribution >= 0.6 is 15.9 Å². The molecule has 4 heteroatoms. The summed E-state index contributed by atoms with van der Waals surface area (Å²) in [6.07, 6.45) is 5.13. The normalized spacial score (nSPS) is 27.0. The molecule has 0 saturated heterocycles. The second-order valence-corrected chi connectivity index (χ2v) is 8.33. The van der Waals surface area contributed by atoms with Gasteiger partial charge in [-0.25, -0.2) is 0 Å². The van der Waals surface area contributed by atoms with E-state index >= 15 is 0 Å². The minimum absolute atomic E-state index is 0.432. The summed E-state index contributed by atoms with van der Waals surface area (Å²) >= 11 is 3.87. The van der Waals surface area contributed by atoms with Crippen molar-refractivity contribution in [3.63, 3.8) is 0 Å². The summed E-state index contributed by atoms with van der Waals surface area (Å²) in [6, 6.07) is 0. The number of alkyl halides is 1. The van der Waals surface area contributed by atoms with Crippen LogP contribution in [-0.2, 0) is 14.2 Å². The van der Waals surface area contributed by atoms with Gasteiger partial charge in [-0.1, -0.05) is 36.7 Å². The molecule has 0 heterocycles. The maximum absolute atomic E-state index is 5.70. The lowest BCUT2D eigenvalue weighted by atomic mass is 9.68. The summed E-state index contributed by atoms with van der Waals surface area (Å²) in [7, 11) is 1.69. The highest BCUT2D eigenvalue weighted by Crippen LogP contribution is 2.43. The largest absolute Gasteiger partial charge is 0.382 e. The van der Waals surface area contributed by atoms with E-state index in [4.69, 9.17) is 14.2 Å². The Kier molecular flexibility index (Phi) is 9.42. The molecule has 0 N–H and O–H groups in total. The second kappa shape index (κ2) is 10.2. The molecule has 3 nitrogen and oxygen atoms in total. The van der Waals surface area contributed by atoms with E-state index in [1.807, 2.05) is 0 Å². The van der Waals surface area contributed by atoms with Crippen LogP contribution in [0.15, 0.2) is 0 Å². The number of methoxy groups -OCH3 is 1. The topological polar surface area (TPSA) is 27.7 Å². The highest BCUT2D eigenvalue weighted by atomic mass is 79.9. The Hall–Kier alpha value is 0.360. The van der Waals surface area contributed by atoms with Gasteiger partial charge in [-0.05, 0) is 42.9 Å². The molecule has 0 amide bonds. The Labute approximate surface area is 139 Å². The Morgan fingerprint density at radius 2 is 1.57 bits per heavy atom. The summed E-state index contributed by atoms with van der Waals surface area (Å²) < 4.78 is 16.0. The lowest BCUT2D eigenvalue weighted by Gasteiger charge is -2.40. The third-order valence-electron chi connectivity index (χ3n) is 4.55. The van der Waals surface area contributed by atoms with Crippen molar-refractivity contribution < 1.29 is 14.2 Å². The molecule has 0 radical (unpaired) electrons. The molecule has 1 fully saturated rings. The summed E-state index contributed by atoms with van der Waals surface area (Å²) in [6.45, 7) is 10.6. The van der Waals surface area contributed by atoms with Gasteiger partial charge < -0.3 is 14.2 Å². The van der Waals surface area contributed by atoms with E-state index in [1.54, 1.807) is 7.11 Å². The van der Waals surface area contributed by atoms with Gasteiger partial charge in [-0.15, -0.1) is 0 Å². The molecule has 0 aliphatic heterocycles. The van der Waals surface area contributed by atoms with Crippen molar-refractivity contribution in [2.45, 2.75) is 51.3 Å². The fourth-order valence-electron chi connectivity index (χ4n) is 3.01. The number of rotatable bonds is 9. The monoisotopic (exact) mass is 364 g/mol. The lowest BCUT2D eigenvalue weighted by Crippen LogP contribution is -2.32. The lowest BCUT2D eigenvalue weighted by molar-refractivity contribution is 0.0191. The molecule has 3 unspecified atom stereocenters. The van der Waals surface area contributed by atoms with E-state index in [2.05, 4.69) is 36.7 Å². The van der Waals surface area contributed by atoms with Gasteiger partial charge in [0.15, 0.2) is 0 Å². The van der Waals surface area contributed by atoms with E-state index in [-0.39, 0.29) is 0 Å². The first kappa shape index (κ1) is 19.4. The van der Waals surface area contributed by atoms with E-state index in [0.29, 0.717) is 36.7 Å². The standard InChI is InChI=1S/C17H33BrO3/c1-17(2,3)15-5-6-16(18)14(13-15)7-8-20-11-12-21-10-9-19-4/h14-16H,5-13H2,1-4H3. The van der Waals surface area contributed by atoms with Crippen molar-refractivity contribution >= 4 is 15.9 Å². The van der Waals surface area contributed by atoms with Gasteiger partial charge in [0.05, 0.1) is 26.4 Å². The summed E-state index contributed by atoms with van der Waals surface area (Å²) in [5.41, 5.74) is 0.432. The van der Waals surface area contributed by atoms with Crippen molar-refractivity contribution in [2.24, 2.45) is 17.3 Å². The van der Waals surface area contributed by atoms with Crippen LogP contribution in [0.1, 0.15) is 46.5 Å². The van der Waals surface area contributed by atoms with E-state index in [9.17, 15) is 0 Å². The molecule has 0 spiro atoms. The molecule has 0 bridgehead atoms. The van der Waals surface area contributed by atoms with Gasteiger partial charge in [0.1, 0.15) is 0 Å². The van der Waals surface area contributed by atoms with Crippen LogP contribution in [0.2, 0.25) is 0 Å². The Morgan fingerprint density at radius 3 is 2.19 bits per heavy atom. The number of hydrogen-bond acceptors (Lipinski definition) is 3. The fourth-order valence-corrected chi connectivity index (χ4v) is 3.76. The summed E-state index contributed by atoms with van der Waals surface area (Å²) in [4.78, 5) is 0.664. The van der Waals surface area contributed by atoms with Crippen LogP contribution in [0, 0.1) is 17.3 Å². The molecule has 0 aromatic rings. The average molecular weight is 365 g/mol. The van der Waals surface area contributed by atoms with Crippen LogP contribution in [0.3, 0.4) is 0 Å². The quantitative estimate of drug-likeness (QED) is 0.451. The smallest absolute Gasteiger partial charge is 0.0701 e. The first-order chi connectivity index (χ1) is 9.95. The van der Waals surface area contributed by atoms with Crippen LogP contribution in [0.4, 0.5) is 0 Å². The molecule has 21 heavy (non-hydrogen) atoms. The molecule has 126 valence electrons. The van der Waals surface area contributed by atoms with Crippen LogP contribution in [0.25, 0.3) is 0 Å². The Balaban J connectivity index is 2.12. The summed E-state index contributed by atoms with van der Waals surface area (Å²) in [5, 5.41) is 0.